The fourth-order valence-corrected chi connectivity index (χ4v) is 4.30. The van der Waals surface area contributed by atoms with Crippen molar-refractivity contribution >= 4 is 35.7 Å². The number of hydrogen-bond acceptors (Lipinski definition) is 6. The summed E-state index contributed by atoms with van der Waals surface area (Å²) >= 11 is 6.25. The van der Waals surface area contributed by atoms with E-state index in [1.54, 1.807) is 18.5 Å². The third kappa shape index (κ3) is 5.48. The average molecular weight is 495 g/mol. The Morgan fingerprint density at radius 1 is 1.29 bits per heavy atom. The second-order valence-electron chi connectivity index (χ2n) is 8.67. The maximum atomic E-state index is 13.7. The minimum Gasteiger partial charge on any atom is -0.424 e. The highest BCUT2D eigenvalue weighted by Crippen LogP contribution is 2.22. The lowest BCUT2D eigenvalue weighted by atomic mass is 10.1. The summed E-state index contributed by atoms with van der Waals surface area (Å²) in [5, 5.41) is 8.84. The Morgan fingerprint density at radius 3 is 2.77 bits per heavy atom. The number of carbonyl (C=O) groups excluding carboxylic acids is 1. The smallest absolute Gasteiger partial charge is 0.298 e. The standard InChI is InChI=1S/C26H31ClN6O2/c1-5-7-24-22(17-20(27)6-2)30-26(35-24)31-13-10-19(4)32(15-14-31)25(34)21-16-18(3)8-9-23(21)33-28-11-12-29-33/h6-9,11-12,16-17,19-20H,2,5,10,13-15H2,1,3-4H3. The molecule has 2 unspecified atom stereocenters. The molecule has 1 aromatic carbocycles. The van der Waals surface area contributed by atoms with Gasteiger partial charge in [0.15, 0.2) is 5.42 Å². The van der Waals surface area contributed by atoms with Crippen molar-refractivity contribution in [3.8, 4) is 5.69 Å². The number of oxazole rings is 1. The topological polar surface area (TPSA) is 80.3 Å². The molecule has 35 heavy (non-hydrogen) atoms. The molecule has 9 heteroatoms. The van der Waals surface area contributed by atoms with Gasteiger partial charge in [0.05, 0.1) is 29.0 Å². The molecule has 0 radical (unpaired) electrons. The van der Waals surface area contributed by atoms with Crippen LogP contribution in [-0.2, 0) is 0 Å². The Kier molecular flexibility index (Phi) is 7.70. The lowest BCUT2D eigenvalue weighted by molar-refractivity contribution is 0.0704. The summed E-state index contributed by atoms with van der Waals surface area (Å²) in [5.74, 6) is -0.0345. The highest BCUT2D eigenvalue weighted by Gasteiger charge is 2.29. The van der Waals surface area contributed by atoms with Crippen LogP contribution in [0.4, 0.5) is 6.01 Å². The summed E-state index contributed by atoms with van der Waals surface area (Å²) < 4.78 is 6.11. The first-order valence-corrected chi connectivity index (χ1v) is 12.3. The van der Waals surface area contributed by atoms with Crippen molar-refractivity contribution in [2.75, 3.05) is 24.5 Å². The number of aromatic nitrogens is 4. The van der Waals surface area contributed by atoms with Crippen LogP contribution in [0.5, 0.6) is 0 Å². The van der Waals surface area contributed by atoms with Gasteiger partial charge >= 0.3 is 0 Å². The SMILES string of the molecule is C=CC(Cl)C=c1nc(N2CCC(C)N(C(=O)c3cc(C)ccc3-n3nccn3)CC2)oc1=CCC. The molecule has 4 rings (SSSR count). The number of rotatable bonds is 6. The van der Waals surface area contributed by atoms with E-state index >= 15 is 0 Å². The first kappa shape index (κ1) is 24.7. The Balaban J connectivity index is 1.60. The molecule has 0 bridgehead atoms. The summed E-state index contributed by atoms with van der Waals surface area (Å²) in [6.45, 7) is 11.7. The number of carbonyl (C=O) groups is 1. The Bertz CT molecular complexity index is 1300. The van der Waals surface area contributed by atoms with E-state index in [9.17, 15) is 4.79 Å². The molecular formula is C26H31ClN6O2. The van der Waals surface area contributed by atoms with E-state index in [0.29, 0.717) is 41.1 Å². The van der Waals surface area contributed by atoms with Crippen LogP contribution in [0.3, 0.4) is 0 Å². The van der Waals surface area contributed by atoms with Crippen molar-refractivity contribution in [2.24, 2.45) is 0 Å². The van der Waals surface area contributed by atoms with Crippen molar-refractivity contribution in [1.82, 2.24) is 24.9 Å². The Morgan fingerprint density at radius 2 is 2.06 bits per heavy atom. The number of alkyl halides is 1. The minimum absolute atomic E-state index is 0.0345. The molecule has 1 aliphatic heterocycles. The van der Waals surface area contributed by atoms with Gasteiger partial charge in [-0.3, -0.25) is 4.79 Å². The highest BCUT2D eigenvalue weighted by atomic mass is 35.5. The van der Waals surface area contributed by atoms with Crippen LogP contribution in [0.15, 0.2) is 47.7 Å². The summed E-state index contributed by atoms with van der Waals surface area (Å²) in [7, 11) is 0. The molecule has 2 atom stereocenters. The molecule has 3 aromatic rings. The Hall–Kier alpha value is -3.39. The van der Waals surface area contributed by atoms with Gasteiger partial charge in [0, 0.05) is 25.7 Å². The molecule has 1 aliphatic rings. The van der Waals surface area contributed by atoms with Gasteiger partial charge in [-0.25, -0.2) is 0 Å². The predicted molar refractivity (Wildman–Crippen MR) is 138 cm³/mol. The van der Waals surface area contributed by atoms with E-state index in [-0.39, 0.29) is 17.3 Å². The zero-order valence-corrected chi connectivity index (χ0v) is 21.1. The van der Waals surface area contributed by atoms with Crippen molar-refractivity contribution < 1.29 is 9.21 Å². The van der Waals surface area contributed by atoms with Crippen LogP contribution >= 0.6 is 11.6 Å². The molecule has 3 heterocycles. The lowest BCUT2D eigenvalue weighted by Gasteiger charge is -2.27. The summed E-state index contributed by atoms with van der Waals surface area (Å²) in [6, 6.07) is 6.34. The normalized spacial score (nSPS) is 18.6. The molecule has 0 saturated carbocycles. The molecule has 1 amide bonds. The van der Waals surface area contributed by atoms with Crippen LogP contribution in [0.1, 0.15) is 42.6 Å². The van der Waals surface area contributed by atoms with Gasteiger partial charge in [0.2, 0.25) is 0 Å². The summed E-state index contributed by atoms with van der Waals surface area (Å²) in [4.78, 5) is 24.0. The molecule has 1 saturated heterocycles. The van der Waals surface area contributed by atoms with Gasteiger partial charge < -0.3 is 14.2 Å². The van der Waals surface area contributed by atoms with Gasteiger partial charge in [0.1, 0.15) is 5.35 Å². The van der Waals surface area contributed by atoms with Crippen LogP contribution < -0.4 is 15.7 Å². The monoisotopic (exact) mass is 494 g/mol. The van der Waals surface area contributed by atoms with E-state index in [4.69, 9.17) is 21.0 Å². The van der Waals surface area contributed by atoms with Gasteiger partial charge in [-0.15, -0.1) is 18.2 Å². The lowest BCUT2D eigenvalue weighted by Crippen LogP contribution is -2.40. The van der Waals surface area contributed by atoms with Crippen molar-refractivity contribution in [3.05, 3.63) is 65.1 Å². The maximum Gasteiger partial charge on any atom is 0.298 e. The number of aryl methyl sites for hydroxylation is 1. The van der Waals surface area contributed by atoms with Crippen LogP contribution in [0.2, 0.25) is 0 Å². The van der Waals surface area contributed by atoms with Crippen molar-refractivity contribution in [1.29, 1.82) is 0 Å². The fourth-order valence-electron chi connectivity index (χ4n) is 4.18. The first-order chi connectivity index (χ1) is 16.9. The van der Waals surface area contributed by atoms with Gasteiger partial charge in [0.25, 0.3) is 11.9 Å². The van der Waals surface area contributed by atoms with E-state index in [1.165, 1.54) is 4.80 Å². The molecular weight excluding hydrogens is 464 g/mol. The molecule has 0 N–H and O–H groups in total. The number of anilines is 1. The van der Waals surface area contributed by atoms with E-state index in [1.807, 2.05) is 49.1 Å². The maximum absolute atomic E-state index is 13.7. The third-order valence-electron chi connectivity index (χ3n) is 6.11. The van der Waals surface area contributed by atoms with Crippen LogP contribution in [0.25, 0.3) is 17.8 Å². The average Bonchev–Trinajstić information content (AvgIpc) is 3.47. The molecule has 184 valence electrons. The number of benzene rings is 1. The van der Waals surface area contributed by atoms with Gasteiger partial charge in [-0.1, -0.05) is 24.6 Å². The Labute approximate surface area is 210 Å². The van der Waals surface area contributed by atoms with Crippen molar-refractivity contribution in [2.45, 2.75) is 45.0 Å². The zero-order valence-electron chi connectivity index (χ0n) is 20.4. The van der Waals surface area contributed by atoms with E-state index in [2.05, 4.69) is 28.6 Å². The third-order valence-corrected chi connectivity index (χ3v) is 6.41. The van der Waals surface area contributed by atoms with E-state index in [0.717, 1.165) is 24.9 Å². The summed E-state index contributed by atoms with van der Waals surface area (Å²) in [5.41, 5.74) is 2.97. The molecule has 8 nitrogen and oxygen atoms in total. The van der Waals surface area contributed by atoms with Crippen molar-refractivity contribution in [3.63, 3.8) is 0 Å². The number of nitrogens with zero attached hydrogens (tertiary/aromatic N) is 6. The fraction of sp³-hybridized carbons (Fsp3) is 0.385. The molecule has 0 aliphatic carbocycles. The largest absolute Gasteiger partial charge is 0.424 e. The number of allylic oxidation sites excluding steroid dienone is 1. The quantitative estimate of drug-likeness (QED) is 0.387. The van der Waals surface area contributed by atoms with E-state index < -0.39 is 0 Å². The second kappa shape index (κ2) is 10.9. The first-order valence-electron chi connectivity index (χ1n) is 11.9. The van der Waals surface area contributed by atoms with Crippen LogP contribution in [-0.4, -0.2) is 61.8 Å². The number of amides is 1. The number of hydrogen-bond donors (Lipinski definition) is 0. The highest BCUT2D eigenvalue weighted by molar-refractivity contribution is 6.25. The minimum atomic E-state index is -0.331. The molecule has 2 aromatic heterocycles. The van der Waals surface area contributed by atoms with Gasteiger partial charge in [-0.2, -0.15) is 20.0 Å². The molecule has 1 fully saturated rings. The zero-order chi connectivity index (χ0) is 24.9. The van der Waals surface area contributed by atoms with Gasteiger partial charge in [-0.05, 0) is 51.0 Å². The summed E-state index contributed by atoms with van der Waals surface area (Å²) in [6.07, 6.45) is 10.3. The number of halogens is 1. The second-order valence-corrected chi connectivity index (χ2v) is 9.17. The predicted octanol–water partition coefficient (Wildman–Crippen LogP) is 3.07. The van der Waals surface area contributed by atoms with Crippen LogP contribution in [0, 0.1) is 6.92 Å². The molecule has 0 spiro atoms.